The summed E-state index contributed by atoms with van der Waals surface area (Å²) < 4.78 is 5.21. The minimum absolute atomic E-state index is 0.0444. The highest BCUT2D eigenvalue weighted by molar-refractivity contribution is 6.30. The minimum Gasteiger partial charge on any atom is -0.495 e. The summed E-state index contributed by atoms with van der Waals surface area (Å²) in [4.78, 5) is 11.6. The monoisotopic (exact) mass is 299 g/mol. The summed E-state index contributed by atoms with van der Waals surface area (Å²) in [6, 6.07) is 5.30. The zero-order valence-corrected chi connectivity index (χ0v) is 12.9. The molecule has 1 rings (SSSR count). The number of amides is 1. The summed E-state index contributed by atoms with van der Waals surface area (Å²) in [6.07, 6.45) is 0.353. The van der Waals surface area contributed by atoms with Gasteiger partial charge in [0.25, 0.3) is 0 Å². The van der Waals surface area contributed by atoms with E-state index >= 15 is 0 Å². The number of ether oxygens (including phenoxy) is 1. The highest BCUT2D eigenvalue weighted by Gasteiger charge is 2.12. The van der Waals surface area contributed by atoms with Crippen molar-refractivity contribution in [3.8, 4) is 5.75 Å². The van der Waals surface area contributed by atoms with Crippen molar-refractivity contribution in [3.63, 3.8) is 0 Å². The van der Waals surface area contributed by atoms with Crippen LogP contribution in [0, 0.1) is 0 Å². The Morgan fingerprint density at radius 1 is 1.45 bits per heavy atom. The van der Waals surface area contributed by atoms with Gasteiger partial charge in [-0.25, -0.2) is 0 Å². The average molecular weight is 300 g/mol. The van der Waals surface area contributed by atoms with Crippen LogP contribution in [0.1, 0.15) is 20.3 Å². The number of carbonyl (C=O) groups excluding carboxylic acids is 1. The van der Waals surface area contributed by atoms with Crippen molar-refractivity contribution in [1.29, 1.82) is 0 Å². The van der Waals surface area contributed by atoms with Gasteiger partial charge in [-0.2, -0.15) is 0 Å². The van der Waals surface area contributed by atoms with Gasteiger partial charge in [0.1, 0.15) is 5.75 Å². The average Bonchev–Trinajstić information content (AvgIpc) is 2.36. The second-order valence-electron chi connectivity index (χ2n) is 5.29. The molecule has 1 amide bonds. The summed E-state index contributed by atoms with van der Waals surface area (Å²) in [6.45, 7) is 4.67. The van der Waals surface area contributed by atoms with E-state index in [0.29, 0.717) is 30.3 Å². The molecule has 0 aliphatic heterocycles. The van der Waals surface area contributed by atoms with Gasteiger partial charge in [-0.15, -0.1) is 0 Å². The van der Waals surface area contributed by atoms with Crippen LogP contribution in [0.25, 0.3) is 0 Å². The molecule has 0 atom stereocenters. The van der Waals surface area contributed by atoms with E-state index in [1.165, 1.54) is 0 Å². The lowest BCUT2D eigenvalue weighted by Gasteiger charge is -2.19. The Morgan fingerprint density at radius 2 is 2.15 bits per heavy atom. The number of rotatable bonds is 7. The minimum atomic E-state index is -0.404. The SMILES string of the molecule is COc1ccc(Cl)cc1NCCC(=O)NCC(C)(C)N. The quantitative estimate of drug-likeness (QED) is 0.720. The van der Waals surface area contributed by atoms with Crippen LogP contribution < -0.4 is 21.1 Å². The van der Waals surface area contributed by atoms with Crippen LogP contribution >= 0.6 is 11.6 Å². The van der Waals surface area contributed by atoms with E-state index in [1.54, 1.807) is 25.3 Å². The Bertz CT molecular complexity index is 458. The summed E-state index contributed by atoms with van der Waals surface area (Å²) in [5, 5.41) is 6.53. The molecule has 0 aromatic heterocycles. The van der Waals surface area contributed by atoms with Gasteiger partial charge in [0, 0.05) is 30.1 Å². The zero-order chi connectivity index (χ0) is 15.2. The number of carbonyl (C=O) groups is 1. The van der Waals surface area contributed by atoms with Gasteiger partial charge in [0.05, 0.1) is 12.8 Å². The maximum atomic E-state index is 11.6. The maximum absolute atomic E-state index is 11.6. The Balaban J connectivity index is 2.41. The topological polar surface area (TPSA) is 76.4 Å². The molecular weight excluding hydrogens is 278 g/mol. The lowest BCUT2D eigenvalue weighted by atomic mass is 10.1. The number of nitrogens with one attached hydrogen (secondary N) is 2. The van der Waals surface area contributed by atoms with Gasteiger partial charge in [0.15, 0.2) is 0 Å². The summed E-state index contributed by atoms with van der Waals surface area (Å²) in [5.41, 5.74) is 6.16. The Labute approximate surface area is 124 Å². The molecule has 20 heavy (non-hydrogen) atoms. The number of hydrogen-bond acceptors (Lipinski definition) is 4. The van der Waals surface area contributed by atoms with Gasteiger partial charge in [0.2, 0.25) is 5.91 Å². The first kappa shape index (κ1) is 16.6. The van der Waals surface area contributed by atoms with E-state index in [2.05, 4.69) is 10.6 Å². The zero-order valence-electron chi connectivity index (χ0n) is 12.1. The summed E-state index contributed by atoms with van der Waals surface area (Å²) >= 11 is 5.93. The second-order valence-corrected chi connectivity index (χ2v) is 5.72. The standard InChI is InChI=1S/C14H22ClN3O2/c1-14(2,16)9-18-13(19)6-7-17-11-8-10(15)4-5-12(11)20-3/h4-5,8,17H,6-7,9,16H2,1-3H3,(H,18,19). The van der Waals surface area contributed by atoms with Crippen LogP contribution in [0.5, 0.6) is 5.75 Å². The molecule has 0 fully saturated rings. The van der Waals surface area contributed by atoms with E-state index in [4.69, 9.17) is 22.1 Å². The van der Waals surface area contributed by atoms with Crippen LogP contribution in [-0.4, -0.2) is 31.6 Å². The lowest BCUT2D eigenvalue weighted by Crippen LogP contribution is -2.45. The molecule has 0 aliphatic carbocycles. The molecule has 4 N–H and O–H groups in total. The number of methoxy groups -OCH3 is 1. The van der Waals surface area contributed by atoms with Crippen molar-refractivity contribution in [2.24, 2.45) is 5.73 Å². The predicted molar refractivity (Wildman–Crippen MR) is 82.4 cm³/mol. The van der Waals surface area contributed by atoms with Gasteiger partial charge in [-0.3, -0.25) is 4.79 Å². The summed E-state index contributed by atoms with van der Waals surface area (Å²) in [5.74, 6) is 0.648. The highest BCUT2D eigenvalue weighted by Crippen LogP contribution is 2.27. The fraction of sp³-hybridized carbons (Fsp3) is 0.500. The number of hydrogen-bond donors (Lipinski definition) is 3. The molecule has 1 aromatic rings. The number of benzene rings is 1. The second kappa shape index (κ2) is 7.36. The maximum Gasteiger partial charge on any atom is 0.221 e. The molecule has 112 valence electrons. The summed E-state index contributed by atoms with van der Waals surface area (Å²) in [7, 11) is 1.59. The van der Waals surface area contributed by atoms with Gasteiger partial charge in [-0.1, -0.05) is 11.6 Å². The van der Waals surface area contributed by atoms with Crippen molar-refractivity contribution < 1.29 is 9.53 Å². The Kier molecular flexibility index (Phi) is 6.10. The molecule has 0 heterocycles. The van der Waals surface area contributed by atoms with Crippen LogP contribution in [0.4, 0.5) is 5.69 Å². The van der Waals surface area contributed by atoms with Crippen LogP contribution in [0.15, 0.2) is 18.2 Å². The van der Waals surface area contributed by atoms with E-state index in [1.807, 2.05) is 13.8 Å². The molecule has 1 aromatic carbocycles. The van der Waals surface area contributed by atoms with Crippen LogP contribution in [0.2, 0.25) is 5.02 Å². The van der Waals surface area contributed by atoms with E-state index in [9.17, 15) is 4.79 Å². The van der Waals surface area contributed by atoms with Gasteiger partial charge in [-0.05, 0) is 32.0 Å². The van der Waals surface area contributed by atoms with Crippen LogP contribution in [-0.2, 0) is 4.79 Å². The molecule has 0 saturated heterocycles. The first-order chi connectivity index (χ1) is 9.31. The molecule has 0 radical (unpaired) electrons. The normalized spacial score (nSPS) is 11.1. The van der Waals surface area contributed by atoms with E-state index in [-0.39, 0.29) is 5.91 Å². The smallest absolute Gasteiger partial charge is 0.221 e. The third kappa shape index (κ3) is 6.12. The molecule has 0 aliphatic rings. The lowest BCUT2D eigenvalue weighted by molar-refractivity contribution is -0.121. The van der Waals surface area contributed by atoms with Gasteiger partial charge >= 0.3 is 0 Å². The van der Waals surface area contributed by atoms with Crippen molar-refractivity contribution >= 4 is 23.2 Å². The molecule has 0 unspecified atom stereocenters. The predicted octanol–water partition coefficient (Wildman–Crippen LogP) is 2.00. The largest absolute Gasteiger partial charge is 0.495 e. The van der Waals surface area contributed by atoms with Crippen molar-refractivity contribution in [3.05, 3.63) is 23.2 Å². The van der Waals surface area contributed by atoms with Crippen molar-refractivity contribution in [2.45, 2.75) is 25.8 Å². The Hall–Kier alpha value is -1.46. The molecule has 5 nitrogen and oxygen atoms in total. The van der Waals surface area contributed by atoms with Crippen molar-refractivity contribution in [2.75, 3.05) is 25.5 Å². The number of anilines is 1. The first-order valence-corrected chi connectivity index (χ1v) is 6.82. The van der Waals surface area contributed by atoms with E-state index in [0.717, 1.165) is 5.69 Å². The fourth-order valence-electron chi connectivity index (χ4n) is 1.54. The highest BCUT2D eigenvalue weighted by atomic mass is 35.5. The molecular formula is C14H22ClN3O2. The molecule has 0 saturated carbocycles. The Morgan fingerprint density at radius 3 is 2.75 bits per heavy atom. The van der Waals surface area contributed by atoms with Crippen LogP contribution in [0.3, 0.4) is 0 Å². The van der Waals surface area contributed by atoms with Gasteiger partial charge < -0.3 is 21.1 Å². The third-order valence-corrected chi connectivity index (χ3v) is 2.81. The molecule has 0 bridgehead atoms. The number of halogens is 1. The molecule has 0 spiro atoms. The van der Waals surface area contributed by atoms with Crippen molar-refractivity contribution in [1.82, 2.24) is 5.32 Å². The number of nitrogens with two attached hydrogens (primary N) is 1. The van der Waals surface area contributed by atoms with E-state index < -0.39 is 5.54 Å². The fourth-order valence-corrected chi connectivity index (χ4v) is 1.72. The third-order valence-electron chi connectivity index (χ3n) is 2.57. The molecule has 6 heteroatoms. The first-order valence-electron chi connectivity index (χ1n) is 6.45.